The lowest BCUT2D eigenvalue weighted by Gasteiger charge is -2.12. The van der Waals surface area contributed by atoms with E-state index in [0.29, 0.717) is 6.07 Å². The summed E-state index contributed by atoms with van der Waals surface area (Å²) in [7, 11) is 1.32. The first-order valence-electron chi connectivity index (χ1n) is 9.22. The Morgan fingerprint density at radius 2 is 1.91 bits per heavy atom. The zero-order valence-corrected chi connectivity index (χ0v) is 16.6. The molecule has 0 spiro atoms. The predicted octanol–water partition coefficient (Wildman–Crippen LogP) is 1.60. The molecule has 4 heterocycles. The van der Waals surface area contributed by atoms with Gasteiger partial charge in [0.05, 0.1) is 11.6 Å². The molecule has 2 N–H and O–H groups in total. The highest BCUT2D eigenvalue weighted by Gasteiger charge is 2.33. The first-order chi connectivity index (χ1) is 15.6. The summed E-state index contributed by atoms with van der Waals surface area (Å²) in [5.41, 5.74) is -2.87. The summed E-state index contributed by atoms with van der Waals surface area (Å²) >= 11 is 0. The molecule has 0 aromatic carbocycles. The summed E-state index contributed by atoms with van der Waals surface area (Å²) in [5, 5.41) is 8.41. The van der Waals surface area contributed by atoms with Gasteiger partial charge in [0.15, 0.2) is 11.3 Å². The molecule has 0 saturated carbocycles. The maximum absolute atomic E-state index is 13.2. The van der Waals surface area contributed by atoms with E-state index in [0.717, 1.165) is 33.5 Å². The molecule has 0 radical (unpaired) electrons. The van der Waals surface area contributed by atoms with Gasteiger partial charge < -0.3 is 10.6 Å². The minimum Gasteiger partial charge on any atom is -0.354 e. The Bertz CT molecular complexity index is 1460. The molecule has 0 atom stereocenters. The summed E-state index contributed by atoms with van der Waals surface area (Å²) < 4.78 is 54.3. The molecule has 33 heavy (non-hydrogen) atoms. The summed E-state index contributed by atoms with van der Waals surface area (Å²) in [5.74, 6) is -2.01. The van der Waals surface area contributed by atoms with Crippen LogP contribution in [0.5, 0.6) is 0 Å². The van der Waals surface area contributed by atoms with Crippen molar-refractivity contribution in [2.75, 3.05) is 12.4 Å². The van der Waals surface area contributed by atoms with Crippen molar-refractivity contribution < 1.29 is 27.2 Å². The summed E-state index contributed by atoms with van der Waals surface area (Å²) in [4.78, 5) is 44.8. The number of nitrogens with zero attached hydrogens (tertiary/aromatic N) is 5. The van der Waals surface area contributed by atoms with Gasteiger partial charge in [-0.25, -0.2) is 14.4 Å². The third-order valence-electron chi connectivity index (χ3n) is 4.57. The second kappa shape index (κ2) is 7.96. The van der Waals surface area contributed by atoms with Crippen molar-refractivity contribution in [1.29, 1.82) is 0 Å². The summed E-state index contributed by atoms with van der Waals surface area (Å²) in [6.45, 7) is -0.600. The minimum absolute atomic E-state index is 0.0160. The first-order valence-corrected chi connectivity index (χ1v) is 9.22. The van der Waals surface area contributed by atoms with Gasteiger partial charge in [-0.05, 0) is 24.3 Å². The van der Waals surface area contributed by atoms with Crippen LogP contribution in [-0.2, 0) is 17.5 Å². The number of aromatic nitrogens is 5. The smallest absolute Gasteiger partial charge is 0.354 e. The number of pyridine rings is 2. The van der Waals surface area contributed by atoms with E-state index in [1.807, 2.05) is 0 Å². The summed E-state index contributed by atoms with van der Waals surface area (Å²) in [6, 6.07) is 4.97. The van der Waals surface area contributed by atoms with Gasteiger partial charge in [0, 0.05) is 13.1 Å². The van der Waals surface area contributed by atoms with E-state index >= 15 is 0 Å². The Balaban J connectivity index is 1.87. The molecule has 0 aliphatic heterocycles. The van der Waals surface area contributed by atoms with Crippen molar-refractivity contribution in [1.82, 2.24) is 29.5 Å². The fraction of sp³-hybridized carbons (Fsp3) is 0.158. The van der Waals surface area contributed by atoms with E-state index in [2.05, 4.69) is 25.7 Å². The number of halogens is 4. The van der Waals surface area contributed by atoms with Crippen LogP contribution < -0.4 is 16.2 Å². The number of anilines is 1. The third-order valence-corrected chi connectivity index (χ3v) is 4.57. The molecule has 0 saturated heterocycles. The lowest BCUT2D eigenvalue weighted by molar-refractivity contribution is -0.141. The van der Waals surface area contributed by atoms with Crippen LogP contribution in [0.4, 0.5) is 23.4 Å². The number of rotatable bonds is 4. The van der Waals surface area contributed by atoms with Crippen molar-refractivity contribution in [3.8, 4) is 0 Å². The largest absolute Gasteiger partial charge is 0.433 e. The molecule has 0 aliphatic carbocycles. The van der Waals surface area contributed by atoms with Crippen LogP contribution in [0.3, 0.4) is 0 Å². The Hall–Kier alpha value is -4.36. The molecular weight excluding hydrogens is 450 g/mol. The van der Waals surface area contributed by atoms with Gasteiger partial charge in [-0.3, -0.25) is 19.0 Å². The van der Waals surface area contributed by atoms with Crippen molar-refractivity contribution in [3.63, 3.8) is 0 Å². The van der Waals surface area contributed by atoms with Gasteiger partial charge in [0.25, 0.3) is 11.5 Å². The number of hydrogen-bond acceptors (Lipinski definition) is 6. The first kappa shape index (κ1) is 21.9. The number of nitrogens with one attached hydrogen (secondary N) is 2. The Kier molecular flexibility index (Phi) is 5.27. The van der Waals surface area contributed by atoms with Gasteiger partial charge in [0.2, 0.25) is 5.91 Å². The molecule has 4 aromatic heterocycles. The average molecular weight is 463 g/mol. The average Bonchev–Trinajstić information content (AvgIpc) is 3.22. The fourth-order valence-electron chi connectivity index (χ4n) is 3.07. The molecule has 2 amide bonds. The summed E-state index contributed by atoms with van der Waals surface area (Å²) in [6.07, 6.45) is -3.90. The molecule has 170 valence electrons. The number of carbonyl (C=O) groups is 2. The number of carbonyl (C=O) groups excluding carboxylic acids is 2. The molecule has 0 fully saturated rings. The number of amides is 2. The van der Waals surface area contributed by atoms with E-state index in [9.17, 15) is 31.9 Å². The molecule has 10 nitrogen and oxygen atoms in total. The molecule has 0 aliphatic rings. The maximum atomic E-state index is 13.2. The van der Waals surface area contributed by atoms with E-state index in [4.69, 9.17) is 0 Å². The quantitative estimate of drug-likeness (QED) is 0.443. The molecule has 0 bridgehead atoms. The zero-order valence-electron chi connectivity index (χ0n) is 16.6. The van der Waals surface area contributed by atoms with Crippen LogP contribution in [0.2, 0.25) is 0 Å². The van der Waals surface area contributed by atoms with Crippen molar-refractivity contribution in [2.24, 2.45) is 0 Å². The third kappa shape index (κ3) is 4.09. The van der Waals surface area contributed by atoms with Gasteiger partial charge in [-0.2, -0.15) is 22.8 Å². The van der Waals surface area contributed by atoms with Gasteiger partial charge in [-0.15, -0.1) is 0 Å². The molecular formula is C19H13F4N7O3. The van der Waals surface area contributed by atoms with Gasteiger partial charge in [-0.1, -0.05) is 0 Å². The lowest BCUT2D eigenvalue weighted by atomic mass is 10.2. The topological polar surface area (TPSA) is 123 Å². The number of alkyl halides is 3. The van der Waals surface area contributed by atoms with Crippen LogP contribution in [0.1, 0.15) is 16.2 Å². The lowest BCUT2D eigenvalue weighted by Crippen LogP contribution is -2.30. The van der Waals surface area contributed by atoms with E-state index in [-0.39, 0.29) is 22.5 Å². The van der Waals surface area contributed by atoms with Crippen molar-refractivity contribution >= 4 is 34.3 Å². The SMILES string of the molecule is CNC(=O)c1cc2n(CC(=O)Nc3ccc(F)cn3)c(=O)c3ccc(C(F)(F)F)nc3n2n1. The minimum atomic E-state index is -4.78. The highest BCUT2D eigenvalue weighted by molar-refractivity contribution is 5.94. The fourth-order valence-corrected chi connectivity index (χ4v) is 3.07. The van der Waals surface area contributed by atoms with Crippen LogP contribution in [0, 0.1) is 5.82 Å². The normalized spacial score (nSPS) is 11.7. The maximum Gasteiger partial charge on any atom is 0.433 e. The standard InChI is InChI=1S/C19H13F4N7O3/c1-24-17(32)11-6-15-29(8-14(31)27-13-5-2-9(20)7-25-13)18(33)10-3-4-12(19(21,22)23)26-16(10)30(15)28-11/h2-7H,8H2,1H3,(H,24,32)(H,25,27,31). The van der Waals surface area contributed by atoms with Crippen LogP contribution in [0.25, 0.3) is 16.7 Å². The monoisotopic (exact) mass is 463 g/mol. The van der Waals surface area contributed by atoms with Crippen LogP contribution >= 0.6 is 0 Å². The second-order valence-electron chi connectivity index (χ2n) is 6.75. The molecule has 4 aromatic rings. The van der Waals surface area contributed by atoms with Crippen molar-refractivity contribution in [3.05, 3.63) is 64.1 Å². The molecule has 4 rings (SSSR count). The van der Waals surface area contributed by atoms with Crippen LogP contribution in [-0.4, -0.2) is 43.0 Å². The second-order valence-corrected chi connectivity index (χ2v) is 6.75. The van der Waals surface area contributed by atoms with Gasteiger partial charge in [0.1, 0.15) is 29.5 Å². The highest BCUT2D eigenvalue weighted by atomic mass is 19.4. The molecule has 0 unspecified atom stereocenters. The predicted molar refractivity (Wildman–Crippen MR) is 106 cm³/mol. The zero-order chi connectivity index (χ0) is 23.9. The Morgan fingerprint density at radius 1 is 1.15 bits per heavy atom. The van der Waals surface area contributed by atoms with E-state index in [1.54, 1.807) is 0 Å². The van der Waals surface area contributed by atoms with E-state index < -0.39 is 47.3 Å². The Labute approximate surface area is 180 Å². The molecule has 14 heteroatoms. The highest BCUT2D eigenvalue weighted by Crippen LogP contribution is 2.28. The number of hydrogen-bond donors (Lipinski definition) is 2. The van der Waals surface area contributed by atoms with E-state index in [1.165, 1.54) is 13.1 Å². The number of fused-ring (bicyclic) bond motifs is 3. The Morgan fingerprint density at radius 3 is 2.55 bits per heavy atom. The van der Waals surface area contributed by atoms with Gasteiger partial charge >= 0.3 is 6.18 Å². The van der Waals surface area contributed by atoms with Crippen LogP contribution in [0.15, 0.2) is 41.3 Å². The van der Waals surface area contributed by atoms with Crippen molar-refractivity contribution in [2.45, 2.75) is 12.7 Å².